The maximum Gasteiger partial charge on any atom is 0.128 e. The molecule has 0 amide bonds. The number of benzene rings is 2. The van der Waals surface area contributed by atoms with Gasteiger partial charge in [-0.25, -0.2) is 4.98 Å². The molecule has 0 aliphatic rings. The van der Waals surface area contributed by atoms with Gasteiger partial charge in [-0.05, 0) is 37.6 Å². The van der Waals surface area contributed by atoms with Crippen LogP contribution in [0.3, 0.4) is 0 Å². The first-order valence-electron chi connectivity index (χ1n) is 6.45. The topological polar surface area (TPSA) is 43.8 Å². The summed E-state index contributed by atoms with van der Waals surface area (Å²) in [5.41, 5.74) is 11.6. The van der Waals surface area contributed by atoms with Crippen LogP contribution in [-0.4, -0.2) is 9.55 Å². The fraction of sp³-hybridized carbons (Fsp3) is 0.188. The average molecular weight is 251 g/mol. The summed E-state index contributed by atoms with van der Waals surface area (Å²) in [4.78, 5) is 4.61. The first kappa shape index (κ1) is 11.9. The summed E-state index contributed by atoms with van der Waals surface area (Å²) in [6, 6.07) is 14.6. The van der Waals surface area contributed by atoms with E-state index >= 15 is 0 Å². The van der Waals surface area contributed by atoms with E-state index in [4.69, 9.17) is 5.73 Å². The first-order valence-corrected chi connectivity index (χ1v) is 6.45. The molecule has 0 unspecified atom stereocenters. The van der Waals surface area contributed by atoms with Crippen LogP contribution in [0.2, 0.25) is 0 Å². The molecule has 19 heavy (non-hydrogen) atoms. The van der Waals surface area contributed by atoms with Crippen molar-refractivity contribution >= 4 is 11.0 Å². The fourth-order valence-electron chi connectivity index (χ4n) is 2.54. The van der Waals surface area contributed by atoms with Crippen LogP contribution in [-0.2, 0) is 6.54 Å². The van der Waals surface area contributed by atoms with E-state index in [9.17, 15) is 0 Å². The zero-order chi connectivity index (χ0) is 13.4. The van der Waals surface area contributed by atoms with Crippen molar-refractivity contribution in [3.8, 4) is 5.69 Å². The van der Waals surface area contributed by atoms with Crippen molar-refractivity contribution in [3.63, 3.8) is 0 Å². The molecular weight excluding hydrogens is 234 g/mol. The Kier molecular flexibility index (Phi) is 2.84. The lowest BCUT2D eigenvalue weighted by atomic mass is 10.1. The van der Waals surface area contributed by atoms with E-state index < -0.39 is 0 Å². The van der Waals surface area contributed by atoms with Crippen molar-refractivity contribution in [3.05, 3.63) is 59.4 Å². The molecule has 3 rings (SSSR count). The fourth-order valence-corrected chi connectivity index (χ4v) is 2.54. The number of rotatable bonds is 2. The number of fused-ring (bicyclic) bond motifs is 1. The number of aryl methyl sites for hydroxylation is 2. The molecule has 3 nitrogen and oxygen atoms in total. The average Bonchev–Trinajstić information content (AvgIpc) is 2.77. The molecule has 0 radical (unpaired) electrons. The Morgan fingerprint density at radius 1 is 1.11 bits per heavy atom. The maximum absolute atomic E-state index is 5.85. The van der Waals surface area contributed by atoms with Gasteiger partial charge in [0.2, 0.25) is 0 Å². The summed E-state index contributed by atoms with van der Waals surface area (Å²) in [7, 11) is 0. The second-order valence-electron chi connectivity index (χ2n) is 4.85. The molecule has 0 spiro atoms. The van der Waals surface area contributed by atoms with E-state index in [1.807, 2.05) is 18.2 Å². The Morgan fingerprint density at radius 2 is 1.89 bits per heavy atom. The molecular formula is C16H17N3. The third kappa shape index (κ3) is 1.92. The SMILES string of the molecule is Cc1ccc(-n2c(CN)nc3ccccc32)c(C)c1. The Bertz CT molecular complexity index is 741. The monoisotopic (exact) mass is 251 g/mol. The Morgan fingerprint density at radius 3 is 2.63 bits per heavy atom. The van der Waals surface area contributed by atoms with Gasteiger partial charge in [-0.1, -0.05) is 29.8 Å². The lowest BCUT2D eigenvalue weighted by Crippen LogP contribution is -2.07. The highest BCUT2D eigenvalue weighted by Crippen LogP contribution is 2.24. The number of nitrogens with zero attached hydrogens (tertiary/aromatic N) is 2. The van der Waals surface area contributed by atoms with Gasteiger partial charge in [0.05, 0.1) is 23.3 Å². The van der Waals surface area contributed by atoms with E-state index in [1.165, 1.54) is 11.1 Å². The molecule has 3 heteroatoms. The standard InChI is InChI=1S/C16H17N3/c1-11-7-8-14(12(2)9-11)19-15-6-4-3-5-13(15)18-16(19)10-17/h3-9H,10,17H2,1-2H3. The minimum absolute atomic E-state index is 0.433. The van der Waals surface area contributed by atoms with Crippen LogP contribution in [0.15, 0.2) is 42.5 Å². The summed E-state index contributed by atoms with van der Waals surface area (Å²) >= 11 is 0. The molecule has 0 fully saturated rings. The number of aromatic nitrogens is 2. The van der Waals surface area contributed by atoms with Crippen molar-refractivity contribution in [2.45, 2.75) is 20.4 Å². The van der Waals surface area contributed by atoms with Gasteiger partial charge in [-0.15, -0.1) is 0 Å². The highest BCUT2D eigenvalue weighted by atomic mass is 15.1. The number of imidazole rings is 1. The molecule has 0 saturated heterocycles. The van der Waals surface area contributed by atoms with Crippen molar-refractivity contribution in [2.75, 3.05) is 0 Å². The first-order chi connectivity index (χ1) is 9.20. The molecule has 2 N–H and O–H groups in total. The molecule has 0 atom stereocenters. The second-order valence-corrected chi connectivity index (χ2v) is 4.85. The highest BCUT2D eigenvalue weighted by molar-refractivity contribution is 5.78. The van der Waals surface area contributed by atoms with Gasteiger partial charge in [0, 0.05) is 0 Å². The van der Waals surface area contributed by atoms with Crippen LogP contribution in [0.25, 0.3) is 16.7 Å². The lowest BCUT2D eigenvalue weighted by molar-refractivity contribution is 0.878. The Labute approximate surface area is 112 Å². The van der Waals surface area contributed by atoms with Crippen molar-refractivity contribution in [1.29, 1.82) is 0 Å². The van der Waals surface area contributed by atoms with Gasteiger partial charge in [-0.3, -0.25) is 4.57 Å². The third-order valence-corrected chi connectivity index (χ3v) is 3.41. The lowest BCUT2D eigenvalue weighted by Gasteiger charge is -2.12. The van der Waals surface area contributed by atoms with Gasteiger partial charge >= 0.3 is 0 Å². The molecule has 0 aliphatic heterocycles. The van der Waals surface area contributed by atoms with Crippen LogP contribution in [0.1, 0.15) is 17.0 Å². The number of hydrogen-bond donors (Lipinski definition) is 1. The summed E-state index contributed by atoms with van der Waals surface area (Å²) in [6.07, 6.45) is 0. The largest absolute Gasteiger partial charge is 0.324 e. The predicted molar refractivity (Wildman–Crippen MR) is 78.4 cm³/mol. The summed E-state index contributed by atoms with van der Waals surface area (Å²) in [5.74, 6) is 0.896. The van der Waals surface area contributed by atoms with Gasteiger partial charge in [0.15, 0.2) is 0 Å². The number of hydrogen-bond acceptors (Lipinski definition) is 2. The van der Waals surface area contributed by atoms with Crippen LogP contribution in [0.4, 0.5) is 0 Å². The molecule has 0 bridgehead atoms. The van der Waals surface area contributed by atoms with Gasteiger partial charge in [0.25, 0.3) is 0 Å². The van der Waals surface area contributed by atoms with Crippen molar-refractivity contribution < 1.29 is 0 Å². The number of para-hydroxylation sites is 2. The molecule has 96 valence electrons. The van der Waals surface area contributed by atoms with Crippen molar-refractivity contribution in [2.24, 2.45) is 5.73 Å². The van der Waals surface area contributed by atoms with E-state index in [2.05, 4.69) is 47.7 Å². The van der Waals surface area contributed by atoms with Crippen LogP contribution < -0.4 is 5.73 Å². The molecule has 0 saturated carbocycles. The van der Waals surface area contributed by atoms with Gasteiger partial charge in [-0.2, -0.15) is 0 Å². The van der Waals surface area contributed by atoms with E-state index in [0.717, 1.165) is 22.5 Å². The zero-order valence-corrected chi connectivity index (χ0v) is 11.2. The number of nitrogens with two attached hydrogens (primary N) is 1. The quantitative estimate of drug-likeness (QED) is 0.760. The molecule has 1 aromatic heterocycles. The van der Waals surface area contributed by atoms with Crippen LogP contribution in [0, 0.1) is 13.8 Å². The maximum atomic E-state index is 5.85. The zero-order valence-electron chi connectivity index (χ0n) is 11.2. The smallest absolute Gasteiger partial charge is 0.128 e. The highest BCUT2D eigenvalue weighted by Gasteiger charge is 2.12. The summed E-state index contributed by atoms with van der Waals surface area (Å²) < 4.78 is 2.16. The predicted octanol–water partition coefficient (Wildman–Crippen LogP) is 3.10. The van der Waals surface area contributed by atoms with Crippen LogP contribution in [0.5, 0.6) is 0 Å². The molecule has 1 heterocycles. The second kappa shape index (κ2) is 4.52. The van der Waals surface area contributed by atoms with E-state index in [0.29, 0.717) is 6.54 Å². The molecule has 2 aromatic carbocycles. The van der Waals surface area contributed by atoms with Gasteiger partial charge < -0.3 is 5.73 Å². The minimum Gasteiger partial charge on any atom is -0.324 e. The summed E-state index contributed by atoms with van der Waals surface area (Å²) in [6.45, 7) is 4.66. The van der Waals surface area contributed by atoms with Crippen molar-refractivity contribution in [1.82, 2.24) is 9.55 Å². The molecule has 0 aliphatic carbocycles. The Balaban J connectivity index is 2.34. The Hall–Kier alpha value is -2.13. The minimum atomic E-state index is 0.433. The summed E-state index contributed by atoms with van der Waals surface area (Å²) in [5, 5.41) is 0. The van der Waals surface area contributed by atoms with E-state index in [1.54, 1.807) is 0 Å². The third-order valence-electron chi connectivity index (χ3n) is 3.41. The molecule has 3 aromatic rings. The van der Waals surface area contributed by atoms with Gasteiger partial charge in [0.1, 0.15) is 5.82 Å². The normalized spacial score (nSPS) is 11.1. The van der Waals surface area contributed by atoms with E-state index in [-0.39, 0.29) is 0 Å². The van der Waals surface area contributed by atoms with Crippen LogP contribution >= 0.6 is 0 Å².